The van der Waals surface area contributed by atoms with Crippen molar-refractivity contribution in [1.82, 2.24) is 0 Å². The van der Waals surface area contributed by atoms with Gasteiger partial charge in [-0.3, -0.25) is 9.59 Å². The number of ether oxygens (including phenoxy) is 5. The smallest absolute Gasteiger partial charge is 0.336 e. The van der Waals surface area contributed by atoms with Crippen LogP contribution in [0.5, 0.6) is 23.0 Å². The number of methoxy groups -OCH3 is 2. The lowest BCUT2D eigenvalue weighted by Gasteiger charge is -2.11. The number of carbonyl (C=O) groups is 3. The van der Waals surface area contributed by atoms with E-state index >= 15 is 0 Å². The normalized spacial score (nSPS) is 10.7. The van der Waals surface area contributed by atoms with E-state index in [4.69, 9.17) is 28.1 Å². The summed E-state index contributed by atoms with van der Waals surface area (Å²) < 4.78 is 31.1. The number of esters is 3. The highest BCUT2D eigenvalue weighted by Gasteiger charge is 2.14. The molecule has 10 nitrogen and oxygen atoms in total. The molecule has 3 rings (SSSR count). The Hall–Kier alpha value is -4.60. The quantitative estimate of drug-likeness (QED) is 0.204. The minimum absolute atomic E-state index is 0.0232. The summed E-state index contributed by atoms with van der Waals surface area (Å²) in [7, 11) is 2.93. The Bertz CT molecular complexity index is 1370. The molecule has 0 fully saturated rings. The van der Waals surface area contributed by atoms with Gasteiger partial charge in [0, 0.05) is 43.0 Å². The Morgan fingerprint density at radius 1 is 0.857 bits per heavy atom. The van der Waals surface area contributed by atoms with Gasteiger partial charge < -0.3 is 28.1 Å². The molecule has 0 N–H and O–H groups in total. The van der Waals surface area contributed by atoms with Crippen LogP contribution in [0.25, 0.3) is 17.0 Å². The third kappa shape index (κ3) is 6.47. The highest BCUT2D eigenvalue weighted by molar-refractivity contribution is 5.88. The maximum atomic E-state index is 12.3. The first kappa shape index (κ1) is 25.0. The van der Waals surface area contributed by atoms with Gasteiger partial charge in [-0.2, -0.15) is 0 Å². The average molecular weight is 482 g/mol. The summed E-state index contributed by atoms with van der Waals surface area (Å²) in [5, 5.41) is 0.520. The molecule has 3 aromatic rings. The van der Waals surface area contributed by atoms with E-state index in [1.54, 1.807) is 12.1 Å². The maximum Gasteiger partial charge on any atom is 0.336 e. The second-order valence-electron chi connectivity index (χ2n) is 7.13. The Morgan fingerprint density at radius 2 is 1.51 bits per heavy atom. The molecule has 0 spiro atoms. The van der Waals surface area contributed by atoms with Crippen molar-refractivity contribution in [1.29, 1.82) is 0 Å². The second-order valence-corrected chi connectivity index (χ2v) is 7.13. The van der Waals surface area contributed by atoms with E-state index in [1.165, 1.54) is 58.4 Å². The molecule has 0 aliphatic carbocycles. The fraction of sp³-hybridized carbons (Fsp3) is 0.200. The van der Waals surface area contributed by atoms with Gasteiger partial charge in [0.2, 0.25) is 0 Å². The Morgan fingerprint density at radius 3 is 2.17 bits per heavy atom. The lowest BCUT2D eigenvalue weighted by molar-refractivity contribution is -0.139. The van der Waals surface area contributed by atoms with Crippen LogP contribution < -0.4 is 24.6 Å². The molecule has 35 heavy (non-hydrogen) atoms. The van der Waals surface area contributed by atoms with Gasteiger partial charge in [0.1, 0.15) is 12.2 Å². The standard InChI is InChI=1S/C25H22O10/c1-14(26)33-19-7-5-16(9-23(19)34-15(2)27)6-8-24(28)32-13-17-10-25(29)35-20-12-22(31-4)21(30-3)11-18(17)20/h5-12H,13H2,1-4H3. The first-order chi connectivity index (χ1) is 16.7. The SMILES string of the molecule is COc1cc2oc(=O)cc(COC(=O)C=Cc3ccc(OC(C)=O)c(OC(C)=O)c3)c2cc1OC. The van der Waals surface area contributed by atoms with E-state index in [9.17, 15) is 19.2 Å². The summed E-state index contributed by atoms with van der Waals surface area (Å²) in [6, 6.07) is 8.79. The van der Waals surface area contributed by atoms with Crippen molar-refractivity contribution < 1.29 is 42.5 Å². The Labute approximate surface area is 199 Å². The molecule has 0 aliphatic heterocycles. The molecule has 0 aliphatic rings. The maximum absolute atomic E-state index is 12.3. The number of hydrogen-bond acceptors (Lipinski definition) is 10. The predicted octanol–water partition coefficient (Wildman–Crippen LogP) is 3.42. The topological polar surface area (TPSA) is 128 Å². The number of benzene rings is 2. The van der Waals surface area contributed by atoms with Crippen LogP contribution in [0.2, 0.25) is 0 Å². The molecule has 0 radical (unpaired) electrons. The number of carbonyl (C=O) groups excluding carboxylic acids is 3. The third-order valence-corrected chi connectivity index (χ3v) is 4.59. The van der Waals surface area contributed by atoms with E-state index < -0.39 is 23.5 Å². The molecule has 0 bridgehead atoms. The molecule has 0 amide bonds. The minimum atomic E-state index is -0.690. The zero-order chi connectivity index (χ0) is 25.5. The minimum Gasteiger partial charge on any atom is -0.493 e. The molecule has 2 aromatic carbocycles. The molecular formula is C25H22O10. The zero-order valence-corrected chi connectivity index (χ0v) is 19.4. The highest BCUT2D eigenvalue weighted by Crippen LogP contribution is 2.33. The van der Waals surface area contributed by atoms with E-state index in [1.807, 2.05) is 0 Å². The summed E-state index contributed by atoms with van der Waals surface area (Å²) in [4.78, 5) is 46.8. The van der Waals surface area contributed by atoms with Crippen molar-refractivity contribution in [3.63, 3.8) is 0 Å². The molecule has 1 heterocycles. The van der Waals surface area contributed by atoms with Crippen LogP contribution in [0.15, 0.2) is 51.7 Å². The molecule has 1 aromatic heterocycles. The summed E-state index contributed by atoms with van der Waals surface area (Å²) in [6.07, 6.45) is 2.59. The highest BCUT2D eigenvalue weighted by atomic mass is 16.6. The first-order valence-corrected chi connectivity index (χ1v) is 10.2. The van der Waals surface area contributed by atoms with Crippen molar-refractivity contribution in [3.05, 3.63) is 64.0 Å². The fourth-order valence-corrected chi connectivity index (χ4v) is 3.14. The van der Waals surface area contributed by atoms with Crippen molar-refractivity contribution in [2.45, 2.75) is 20.5 Å². The van der Waals surface area contributed by atoms with E-state index in [-0.39, 0.29) is 23.7 Å². The van der Waals surface area contributed by atoms with Crippen LogP contribution >= 0.6 is 0 Å². The van der Waals surface area contributed by atoms with Crippen LogP contribution in [-0.4, -0.2) is 32.1 Å². The zero-order valence-electron chi connectivity index (χ0n) is 19.4. The first-order valence-electron chi connectivity index (χ1n) is 10.2. The predicted molar refractivity (Wildman–Crippen MR) is 123 cm³/mol. The lowest BCUT2D eigenvalue weighted by atomic mass is 10.1. The Balaban J connectivity index is 1.78. The van der Waals surface area contributed by atoms with Gasteiger partial charge in [-0.05, 0) is 29.8 Å². The molecule has 0 saturated heterocycles. The van der Waals surface area contributed by atoms with Gasteiger partial charge in [0.15, 0.2) is 23.0 Å². The van der Waals surface area contributed by atoms with Crippen molar-refractivity contribution in [2.24, 2.45) is 0 Å². The Kier molecular flexibility index (Phi) is 7.88. The van der Waals surface area contributed by atoms with Crippen LogP contribution in [0.4, 0.5) is 0 Å². The fourth-order valence-electron chi connectivity index (χ4n) is 3.14. The molecule has 182 valence electrons. The van der Waals surface area contributed by atoms with E-state index in [0.717, 1.165) is 6.08 Å². The van der Waals surface area contributed by atoms with E-state index in [0.29, 0.717) is 28.0 Å². The van der Waals surface area contributed by atoms with Gasteiger partial charge in [-0.1, -0.05) is 6.07 Å². The van der Waals surface area contributed by atoms with Crippen LogP contribution in [0, 0.1) is 0 Å². The molecule has 10 heteroatoms. The van der Waals surface area contributed by atoms with Gasteiger partial charge >= 0.3 is 23.5 Å². The van der Waals surface area contributed by atoms with Crippen LogP contribution in [0.1, 0.15) is 25.0 Å². The molecule has 0 saturated carbocycles. The van der Waals surface area contributed by atoms with Crippen molar-refractivity contribution in [2.75, 3.05) is 14.2 Å². The summed E-state index contributed by atoms with van der Waals surface area (Å²) in [5.41, 5.74) is 0.540. The molecule has 0 atom stereocenters. The summed E-state index contributed by atoms with van der Waals surface area (Å²) in [5.74, 6) is -0.985. The van der Waals surface area contributed by atoms with Gasteiger partial charge in [0.25, 0.3) is 0 Å². The lowest BCUT2D eigenvalue weighted by Crippen LogP contribution is -2.07. The van der Waals surface area contributed by atoms with Gasteiger partial charge in [0.05, 0.1) is 14.2 Å². The number of rotatable bonds is 8. The number of hydrogen-bond donors (Lipinski definition) is 0. The molecule has 0 unspecified atom stereocenters. The van der Waals surface area contributed by atoms with Crippen LogP contribution in [0.3, 0.4) is 0 Å². The van der Waals surface area contributed by atoms with Crippen molar-refractivity contribution >= 4 is 35.0 Å². The van der Waals surface area contributed by atoms with Gasteiger partial charge in [-0.25, -0.2) is 9.59 Å². The monoisotopic (exact) mass is 482 g/mol. The second kappa shape index (κ2) is 11.0. The summed E-state index contributed by atoms with van der Waals surface area (Å²) in [6.45, 7) is 2.22. The molecular weight excluding hydrogens is 460 g/mol. The van der Waals surface area contributed by atoms with E-state index in [2.05, 4.69) is 0 Å². The van der Waals surface area contributed by atoms with Crippen molar-refractivity contribution in [3.8, 4) is 23.0 Å². The van der Waals surface area contributed by atoms with Crippen LogP contribution in [-0.2, 0) is 25.7 Å². The number of fused-ring (bicyclic) bond motifs is 1. The largest absolute Gasteiger partial charge is 0.493 e. The average Bonchev–Trinajstić information content (AvgIpc) is 2.81. The van der Waals surface area contributed by atoms with Gasteiger partial charge in [-0.15, -0.1) is 0 Å². The third-order valence-electron chi connectivity index (χ3n) is 4.59. The summed E-state index contributed by atoms with van der Waals surface area (Å²) >= 11 is 0.